The largest absolute Gasteiger partial charge is 0.364 e. The first-order chi connectivity index (χ1) is 13.8. The predicted octanol–water partition coefficient (Wildman–Crippen LogP) is 4.50. The van der Waals surface area contributed by atoms with Gasteiger partial charge in [-0.3, -0.25) is 14.6 Å². The second-order valence-electron chi connectivity index (χ2n) is 7.83. The number of nitrogens with one attached hydrogen (secondary N) is 1. The van der Waals surface area contributed by atoms with E-state index in [0.717, 1.165) is 30.5 Å². The van der Waals surface area contributed by atoms with Gasteiger partial charge in [-0.1, -0.05) is 31.0 Å². The Morgan fingerprint density at radius 1 is 1.24 bits per heavy atom. The van der Waals surface area contributed by atoms with Crippen molar-refractivity contribution in [2.24, 2.45) is 11.7 Å². The molecule has 3 atom stereocenters. The Labute approximate surface area is 172 Å². The number of H-pyrrole nitrogens is 1. The molecular weight excluding hydrogens is 393 g/mol. The fourth-order valence-corrected chi connectivity index (χ4v) is 4.81. The normalized spacial score (nSPS) is 22.0. The van der Waals surface area contributed by atoms with Crippen LogP contribution in [0.25, 0.3) is 10.9 Å². The van der Waals surface area contributed by atoms with Crippen LogP contribution in [0.4, 0.5) is 4.39 Å². The average molecular weight is 414 g/mol. The van der Waals surface area contributed by atoms with E-state index in [2.05, 4.69) is 16.9 Å². The number of aromatic amines is 1. The lowest BCUT2D eigenvalue weighted by Crippen LogP contribution is -2.24. The van der Waals surface area contributed by atoms with E-state index in [0.29, 0.717) is 16.5 Å². The van der Waals surface area contributed by atoms with E-state index >= 15 is 0 Å². The molecule has 2 aromatic heterocycles. The Hall–Kier alpha value is -2.73. The summed E-state index contributed by atoms with van der Waals surface area (Å²) in [4.78, 5) is 31.8. The predicted molar refractivity (Wildman–Crippen MR) is 111 cm³/mol. The van der Waals surface area contributed by atoms with Crippen LogP contribution in [0.15, 0.2) is 41.3 Å². The molecule has 3 aromatic rings. The maximum Gasteiger partial charge on any atom is 0.268 e. The minimum absolute atomic E-state index is 0.0245. The van der Waals surface area contributed by atoms with Crippen molar-refractivity contribution in [3.05, 3.63) is 74.5 Å². The van der Waals surface area contributed by atoms with Crippen molar-refractivity contribution in [3.8, 4) is 0 Å². The highest BCUT2D eigenvalue weighted by Crippen LogP contribution is 2.47. The third kappa shape index (κ3) is 3.65. The van der Waals surface area contributed by atoms with Crippen LogP contribution in [-0.4, -0.2) is 15.9 Å². The average Bonchev–Trinajstić information content (AvgIpc) is 2.67. The van der Waals surface area contributed by atoms with Crippen LogP contribution < -0.4 is 11.2 Å². The number of primary amides is 1. The van der Waals surface area contributed by atoms with Crippen molar-refractivity contribution in [2.45, 2.75) is 38.0 Å². The summed E-state index contributed by atoms with van der Waals surface area (Å²) in [5.74, 6) is -0.537. The highest BCUT2D eigenvalue weighted by Gasteiger charge is 2.33. The molecule has 3 N–H and O–H groups in total. The molecule has 0 aliphatic heterocycles. The topological polar surface area (TPSA) is 88.8 Å². The Bertz CT molecular complexity index is 1160. The van der Waals surface area contributed by atoms with Crippen molar-refractivity contribution in [1.82, 2.24) is 9.97 Å². The number of pyridine rings is 2. The Morgan fingerprint density at radius 3 is 2.76 bits per heavy atom. The van der Waals surface area contributed by atoms with Crippen LogP contribution >= 0.6 is 11.6 Å². The number of aromatic nitrogens is 2. The zero-order valence-corrected chi connectivity index (χ0v) is 16.7. The molecular formula is C22H21ClFN3O2. The third-order valence-electron chi connectivity index (χ3n) is 5.87. The van der Waals surface area contributed by atoms with Gasteiger partial charge in [-0.2, -0.15) is 0 Å². The lowest BCUT2D eigenvalue weighted by atomic mass is 9.70. The number of carbonyl (C=O) groups excluding carboxylic acids is 1. The van der Waals surface area contributed by atoms with Gasteiger partial charge in [0.1, 0.15) is 11.5 Å². The van der Waals surface area contributed by atoms with E-state index in [9.17, 15) is 14.0 Å². The number of nitrogens with zero attached hydrogens (tertiary/aromatic N) is 1. The summed E-state index contributed by atoms with van der Waals surface area (Å²) < 4.78 is 13.6. The quantitative estimate of drug-likeness (QED) is 0.662. The molecule has 1 fully saturated rings. The number of halogens is 2. The van der Waals surface area contributed by atoms with Crippen LogP contribution in [0.3, 0.4) is 0 Å². The van der Waals surface area contributed by atoms with Crippen molar-refractivity contribution >= 4 is 28.4 Å². The molecule has 1 amide bonds. The summed E-state index contributed by atoms with van der Waals surface area (Å²) in [6.45, 7) is 2.19. The van der Waals surface area contributed by atoms with Crippen molar-refractivity contribution in [1.29, 1.82) is 0 Å². The van der Waals surface area contributed by atoms with Gasteiger partial charge in [-0.25, -0.2) is 4.39 Å². The molecule has 1 aromatic carbocycles. The van der Waals surface area contributed by atoms with Crippen LogP contribution in [-0.2, 0) is 0 Å². The fraction of sp³-hybridized carbons (Fsp3) is 0.318. The van der Waals surface area contributed by atoms with Gasteiger partial charge in [0.25, 0.3) is 5.91 Å². The molecule has 4 rings (SSSR count). The van der Waals surface area contributed by atoms with E-state index in [1.165, 1.54) is 24.4 Å². The first-order valence-electron chi connectivity index (χ1n) is 9.62. The number of benzene rings is 1. The standard InChI is InChI=1S/C22H21ClFN3O2/c1-11-2-4-14(15(8-11)13-5-3-12(24)9-16(13)23)18-10-19(28)20-17(27-18)6-7-26-21(20)22(25)29/h3,5-7,9-11,14-15H,2,4,8H2,1H3,(H2,25,29)(H,27,28)/t11?,14?,15-/m0/s1. The summed E-state index contributed by atoms with van der Waals surface area (Å²) in [7, 11) is 0. The SMILES string of the molecule is CC1CCC(c2cc(=O)c3c(C(N)=O)nccc3[nH]2)[C@H](c2ccc(F)cc2Cl)C1. The van der Waals surface area contributed by atoms with Gasteiger partial charge >= 0.3 is 0 Å². The van der Waals surface area contributed by atoms with Crippen LogP contribution in [0, 0.1) is 11.7 Å². The Kier molecular flexibility index (Phi) is 5.13. The van der Waals surface area contributed by atoms with Crippen molar-refractivity contribution < 1.29 is 9.18 Å². The first kappa shape index (κ1) is 19.6. The molecule has 7 heteroatoms. The van der Waals surface area contributed by atoms with Crippen molar-refractivity contribution in [2.75, 3.05) is 0 Å². The number of rotatable bonds is 3. The lowest BCUT2D eigenvalue weighted by Gasteiger charge is -2.36. The van der Waals surface area contributed by atoms with E-state index < -0.39 is 5.91 Å². The van der Waals surface area contributed by atoms with Gasteiger partial charge in [0.05, 0.1) is 10.9 Å². The molecule has 1 aliphatic rings. The fourth-order valence-electron chi connectivity index (χ4n) is 4.51. The minimum atomic E-state index is -0.740. The summed E-state index contributed by atoms with van der Waals surface area (Å²) in [6.07, 6.45) is 4.23. The van der Waals surface area contributed by atoms with Crippen molar-refractivity contribution in [3.63, 3.8) is 0 Å². The highest BCUT2D eigenvalue weighted by molar-refractivity contribution is 6.31. The van der Waals surface area contributed by atoms with E-state index in [1.54, 1.807) is 12.1 Å². The number of carbonyl (C=O) groups is 1. The van der Waals surface area contributed by atoms with Gasteiger partial charge < -0.3 is 10.7 Å². The zero-order valence-electron chi connectivity index (χ0n) is 15.9. The van der Waals surface area contributed by atoms with Gasteiger partial charge in [0.15, 0.2) is 5.43 Å². The number of amides is 1. The summed E-state index contributed by atoms with van der Waals surface area (Å²) >= 11 is 6.37. The maximum absolute atomic E-state index is 13.6. The van der Waals surface area contributed by atoms with Gasteiger partial charge in [-0.15, -0.1) is 0 Å². The highest BCUT2D eigenvalue weighted by atomic mass is 35.5. The molecule has 0 spiro atoms. The molecule has 1 aliphatic carbocycles. The molecule has 0 saturated heterocycles. The number of fused-ring (bicyclic) bond motifs is 1. The molecule has 2 unspecified atom stereocenters. The minimum Gasteiger partial charge on any atom is -0.364 e. The Balaban J connectivity index is 1.84. The molecule has 150 valence electrons. The first-order valence-corrected chi connectivity index (χ1v) is 9.99. The third-order valence-corrected chi connectivity index (χ3v) is 6.20. The van der Waals surface area contributed by atoms with Crippen LogP contribution in [0.5, 0.6) is 0 Å². The maximum atomic E-state index is 13.6. The molecule has 1 saturated carbocycles. The summed E-state index contributed by atoms with van der Waals surface area (Å²) in [5.41, 5.74) is 7.24. The van der Waals surface area contributed by atoms with Gasteiger partial charge in [0, 0.05) is 28.9 Å². The molecule has 0 bridgehead atoms. The molecule has 29 heavy (non-hydrogen) atoms. The summed E-state index contributed by atoms with van der Waals surface area (Å²) in [5, 5.41) is 0.599. The second kappa shape index (κ2) is 7.59. The van der Waals surface area contributed by atoms with Gasteiger partial charge in [-0.05, 0) is 48.4 Å². The summed E-state index contributed by atoms with van der Waals surface area (Å²) in [6, 6.07) is 7.69. The van der Waals surface area contributed by atoms with Crippen LogP contribution in [0.1, 0.15) is 59.8 Å². The Morgan fingerprint density at radius 2 is 2.03 bits per heavy atom. The van der Waals surface area contributed by atoms with E-state index in [-0.39, 0.29) is 34.2 Å². The number of hydrogen-bond donors (Lipinski definition) is 2. The lowest BCUT2D eigenvalue weighted by molar-refractivity contribution is 0.0997. The second-order valence-corrected chi connectivity index (χ2v) is 8.24. The van der Waals surface area contributed by atoms with E-state index in [4.69, 9.17) is 17.3 Å². The smallest absolute Gasteiger partial charge is 0.268 e. The number of hydrogen-bond acceptors (Lipinski definition) is 3. The number of nitrogens with two attached hydrogens (primary N) is 1. The monoisotopic (exact) mass is 413 g/mol. The van der Waals surface area contributed by atoms with Crippen LogP contribution in [0.2, 0.25) is 5.02 Å². The molecule has 0 radical (unpaired) electrons. The zero-order chi connectivity index (χ0) is 20.7. The van der Waals surface area contributed by atoms with Gasteiger partial charge in [0.2, 0.25) is 0 Å². The molecule has 2 heterocycles. The van der Waals surface area contributed by atoms with E-state index in [1.807, 2.05) is 0 Å². The molecule has 5 nitrogen and oxygen atoms in total.